The van der Waals surface area contributed by atoms with Crippen LogP contribution in [0, 0.1) is 13.8 Å². The van der Waals surface area contributed by atoms with Crippen molar-refractivity contribution in [2.75, 3.05) is 0 Å². The van der Waals surface area contributed by atoms with Crippen LogP contribution in [0.4, 0.5) is 0 Å². The van der Waals surface area contributed by atoms with Gasteiger partial charge in [-0.2, -0.15) is 0 Å². The van der Waals surface area contributed by atoms with Gasteiger partial charge in [-0.05, 0) is 25.5 Å². The van der Waals surface area contributed by atoms with Crippen molar-refractivity contribution >= 4 is 17.1 Å². The number of fused-ring (bicyclic) bond motifs is 1. The second-order valence-electron chi connectivity index (χ2n) is 3.79. The van der Waals surface area contributed by atoms with E-state index in [2.05, 4.69) is 9.97 Å². The summed E-state index contributed by atoms with van der Waals surface area (Å²) >= 11 is 0. The monoisotopic (exact) mass is 219 g/mol. The Morgan fingerprint density at radius 3 is 2.81 bits per heavy atom. The van der Waals surface area contributed by atoms with E-state index in [0.717, 1.165) is 15.8 Å². The van der Waals surface area contributed by atoms with E-state index < -0.39 is 5.69 Å². The third-order valence-corrected chi connectivity index (χ3v) is 2.52. The number of imidazole rings is 1. The van der Waals surface area contributed by atoms with Crippen molar-refractivity contribution < 1.29 is 4.79 Å². The van der Waals surface area contributed by atoms with Crippen LogP contribution in [0.15, 0.2) is 10.9 Å². The summed E-state index contributed by atoms with van der Waals surface area (Å²) in [6, 6.07) is 1.87. The first-order chi connectivity index (χ1) is 7.54. The maximum atomic E-state index is 11.6. The summed E-state index contributed by atoms with van der Waals surface area (Å²) < 4.78 is 1.11. The highest BCUT2D eigenvalue weighted by Gasteiger charge is 2.15. The minimum atomic E-state index is -0.414. The normalized spacial score (nSPS) is 10.9. The molecule has 0 amide bonds. The van der Waals surface area contributed by atoms with Gasteiger partial charge in [0.25, 0.3) is 0 Å². The van der Waals surface area contributed by atoms with Crippen LogP contribution in [0.25, 0.3) is 11.2 Å². The van der Waals surface area contributed by atoms with E-state index in [1.807, 2.05) is 19.9 Å². The Bertz CT molecular complexity index is 622. The van der Waals surface area contributed by atoms with Gasteiger partial charge >= 0.3 is 5.69 Å². The van der Waals surface area contributed by atoms with Crippen LogP contribution in [0.5, 0.6) is 0 Å². The summed E-state index contributed by atoms with van der Waals surface area (Å²) in [5.74, 6) is -0.242. The smallest absolute Gasteiger partial charge is 0.303 e. The van der Waals surface area contributed by atoms with Gasteiger partial charge < -0.3 is 4.98 Å². The van der Waals surface area contributed by atoms with E-state index in [9.17, 15) is 9.59 Å². The summed E-state index contributed by atoms with van der Waals surface area (Å²) in [7, 11) is 0. The Morgan fingerprint density at radius 1 is 1.50 bits per heavy atom. The van der Waals surface area contributed by atoms with Crippen molar-refractivity contribution in [1.29, 1.82) is 0 Å². The number of H-pyrrole nitrogens is 1. The molecule has 0 bridgehead atoms. The van der Waals surface area contributed by atoms with Gasteiger partial charge in [0.2, 0.25) is 5.91 Å². The number of pyridine rings is 1. The predicted molar refractivity (Wildman–Crippen MR) is 60.7 cm³/mol. The molecule has 0 aliphatic rings. The molecular formula is C11H13N3O2. The first kappa shape index (κ1) is 10.6. The van der Waals surface area contributed by atoms with Gasteiger partial charge in [0, 0.05) is 12.1 Å². The van der Waals surface area contributed by atoms with Gasteiger partial charge in [-0.15, -0.1) is 0 Å². The van der Waals surface area contributed by atoms with E-state index in [-0.39, 0.29) is 12.3 Å². The van der Waals surface area contributed by atoms with Crippen LogP contribution < -0.4 is 5.69 Å². The molecule has 2 heterocycles. The fourth-order valence-electron chi connectivity index (χ4n) is 1.78. The van der Waals surface area contributed by atoms with Crippen molar-refractivity contribution in [3.05, 3.63) is 27.8 Å². The number of nitrogens with one attached hydrogen (secondary N) is 1. The molecule has 5 heteroatoms. The number of aromatic nitrogens is 3. The molecule has 2 aromatic heterocycles. The molecule has 0 aromatic carbocycles. The fraction of sp³-hybridized carbons (Fsp3) is 0.364. The maximum Gasteiger partial charge on any atom is 0.334 e. The Labute approximate surface area is 92.1 Å². The van der Waals surface area contributed by atoms with Crippen molar-refractivity contribution in [3.8, 4) is 0 Å². The molecule has 0 saturated heterocycles. The Balaban J connectivity index is 2.89. The first-order valence-corrected chi connectivity index (χ1v) is 5.16. The third kappa shape index (κ3) is 1.44. The molecule has 2 aromatic rings. The highest BCUT2D eigenvalue weighted by Crippen LogP contribution is 2.14. The third-order valence-electron chi connectivity index (χ3n) is 2.52. The number of aryl methyl sites for hydroxylation is 2. The van der Waals surface area contributed by atoms with E-state index in [0.29, 0.717) is 11.2 Å². The van der Waals surface area contributed by atoms with E-state index in [1.165, 1.54) is 0 Å². The molecule has 0 spiro atoms. The summed E-state index contributed by atoms with van der Waals surface area (Å²) in [6.07, 6.45) is 0.279. The number of nitrogens with zero attached hydrogens (tertiary/aromatic N) is 2. The van der Waals surface area contributed by atoms with Crippen LogP contribution in [-0.2, 0) is 0 Å². The second kappa shape index (κ2) is 3.59. The van der Waals surface area contributed by atoms with Crippen molar-refractivity contribution in [3.63, 3.8) is 0 Å². The molecule has 0 unspecified atom stereocenters. The Hall–Kier alpha value is -1.91. The molecular weight excluding hydrogens is 206 g/mol. The van der Waals surface area contributed by atoms with Crippen LogP contribution in [0.2, 0.25) is 0 Å². The Morgan fingerprint density at radius 2 is 2.19 bits per heavy atom. The predicted octanol–water partition coefficient (Wildman–Crippen LogP) is 1.39. The van der Waals surface area contributed by atoms with Crippen LogP contribution in [0.3, 0.4) is 0 Å². The molecule has 0 radical (unpaired) electrons. The van der Waals surface area contributed by atoms with Gasteiger partial charge in [-0.1, -0.05) is 6.92 Å². The van der Waals surface area contributed by atoms with Gasteiger partial charge in [-0.3, -0.25) is 4.79 Å². The molecule has 2 rings (SSSR count). The average molecular weight is 219 g/mol. The molecule has 0 atom stereocenters. The molecule has 16 heavy (non-hydrogen) atoms. The average Bonchev–Trinajstić information content (AvgIpc) is 2.54. The SMILES string of the molecule is CCC(=O)n1c(=O)[nH]c2c(C)cc(C)nc21. The summed E-state index contributed by atoms with van der Waals surface area (Å²) in [6.45, 7) is 5.44. The van der Waals surface area contributed by atoms with E-state index in [4.69, 9.17) is 0 Å². The van der Waals surface area contributed by atoms with Crippen LogP contribution >= 0.6 is 0 Å². The number of carbonyl (C=O) groups excluding carboxylic acids is 1. The molecule has 5 nitrogen and oxygen atoms in total. The number of hydrogen-bond acceptors (Lipinski definition) is 3. The fourth-order valence-corrected chi connectivity index (χ4v) is 1.78. The molecule has 0 fully saturated rings. The van der Waals surface area contributed by atoms with Gasteiger partial charge in [0.1, 0.15) is 0 Å². The van der Waals surface area contributed by atoms with Crippen molar-refractivity contribution in [1.82, 2.24) is 14.5 Å². The van der Waals surface area contributed by atoms with Crippen LogP contribution in [-0.4, -0.2) is 20.4 Å². The lowest BCUT2D eigenvalue weighted by Crippen LogP contribution is -2.23. The molecule has 0 aliphatic heterocycles. The number of rotatable bonds is 1. The maximum absolute atomic E-state index is 11.6. The molecule has 84 valence electrons. The van der Waals surface area contributed by atoms with E-state index in [1.54, 1.807) is 6.92 Å². The van der Waals surface area contributed by atoms with Crippen LogP contribution in [0.1, 0.15) is 29.4 Å². The molecule has 1 N–H and O–H groups in total. The quantitative estimate of drug-likeness (QED) is 0.788. The van der Waals surface area contributed by atoms with Gasteiger partial charge in [0.05, 0.1) is 5.52 Å². The topological polar surface area (TPSA) is 67.8 Å². The second-order valence-corrected chi connectivity index (χ2v) is 3.79. The first-order valence-electron chi connectivity index (χ1n) is 5.16. The zero-order valence-corrected chi connectivity index (χ0v) is 9.50. The number of hydrogen-bond donors (Lipinski definition) is 1. The lowest BCUT2D eigenvalue weighted by Gasteiger charge is -2.01. The van der Waals surface area contributed by atoms with Crippen molar-refractivity contribution in [2.45, 2.75) is 27.2 Å². The lowest BCUT2D eigenvalue weighted by molar-refractivity contribution is 0.0909. The summed E-state index contributed by atoms with van der Waals surface area (Å²) in [5.41, 5.74) is 2.36. The minimum Gasteiger partial charge on any atom is -0.303 e. The molecule has 0 aliphatic carbocycles. The van der Waals surface area contributed by atoms with Gasteiger partial charge in [-0.25, -0.2) is 14.3 Å². The summed E-state index contributed by atoms with van der Waals surface area (Å²) in [5, 5.41) is 0. The largest absolute Gasteiger partial charge is 0.334 e. The Kier molecular flexibility index (Phi) is 2.38. The lowest BCUT2D eigenvalue weighted by atomic mass is 10.2. The highest BCUT2D eigenvalue weighted by molar-refractivity contribution is 5.89. The van der Waals surface area contributed by atoms with E-state index >= 15 is 0 Å². The number of aromatic amines is 1. The molecule has 0 saturated carbocycles. The summed E-state index contributed by atoms with van der Waals surface area (Å²) in [4.78, 5) is 30.2. The highest BCUT2D eigenvalue weighted by atomic mass is 16.2. The standard InChI is InChI=1S/C11H13N3O2/c1-4-8(15)14-10-9(13-11(14)16)6(2)5-7(3)12-10/h5H,4H2,1-3H3,(H,13,16). The van der Waals surface area contributed by atoms with Gasteiger partial charge in [0.15, 0.2) is 5.65 Å². The zero-order valence-electron chi connectivity index (χ0n) is 9.50. The number of carbonyl (C=O) groups is 1. The zero-order chi connectivity index (χ0) is 11.9. The van der Waals surface area contributed by atoms with Crippen molar-refractivity contribution in [2.24, 2.45) is 0 Å². The minimum absolute atomic E-state index is 0.242.